The molecule has 0 saturated heterocycles. The molecule has 2 rings (SSSR count). The summed E-state index contributed by atoms with van der Waals surface area (Å²) in [5, 5.41) is 3.00. The van der Waals surface area contributed by atoms with Crippen LogP contribution in [-0.2, 0) is 10.3 Å². The zero-order valence-corrected chi connectivity index (χ0v) is 9.22. The molecule has 1 aromatic rings. The van der Waals surface area contributed by atoms with E-state index in [0.29, 0.717) is 0 Å². The van der Waals surface area contributed by atoms with Crippen LogP contribution in [0.4, 0.5) is 0 Å². The van der Waals surface area contributed by atoms with E-state index >= 15 is 0 Å². The molecule has 1 aliphatic rings. The summed E-state index contributed by atoms with van der Waals surface area (Å²) in [5.74, 6) is 0. The Labute approximate surface area is 88.3 Å². The van der Waals surface area contributed by atoms with Crippen LogP contribution in [0.3, 0.4) is 0 Å². The third-order valence-corrected chi connectivity index (χ3v) is 3.96. The van der Waals surface area contributed by atoms with Gasteiger partial charge in [0.05, 0.1) is 11.6 Å². The van der Waals surface area contributed by atoms with Gasteiger partial charge < -0.3 is 10.5 Å². The molecule has 1 aliphatic carbocycles. The summed E-state index contributed by atoms with van der Waals surface area (Å²) in [6.45, 7) is 0. The Hall–Kier alpha value is -0.450. The molecule has 1 heterocycles. The third-order valence-electron chi connectivity index (χ3n) is 3.00. The lowest BCUT2D eigenvalue weighted by atomic mass is 9.80. The monoisotopic (exact) mass is 212 g/mol. The number of hydrogen-bond donors (Lipinski definition) is 1. The van der Waals surface area contributed by atoms with Crippen molar-refractivity contribution < 1.29 is 4.74 Å². The van der Waals surface area contributed by atoms with Crippen molar-refractivity contribution in [1.29, 1.82) is 0 Å². The highest BCUT2D eigenvalue weighted by molar-refractivity contribution is 7.09. The van der Waals surface area contributed by atoms with E-state index in [-0.39, 0.29) is 11.6 Å². The van der Waals surface area contributed by atoms with E-state index in [1.807, 2.05) is 11.6 Å². The first-order valence-corrected chi connectivity index (χ1v) is 5.87. The van der Waals surface area contributed by atoms with E-state index in [1.165, 1.54) is 12.8 Å². The van der Waals surface area contributed by atoms with Crippen LogP contribution in [0, 0.1) is 0 Å². The van der Waals surface area contributed by atoms with Crippen LogP contribution in [0.25, 0.3) is 0 Å². The van der Waals surface area contributed by atoms with Gasteiger partial charge in [-0.1, -0.05) is 12.8 Å². The van der Waals surface area contributed by atoms with Crippen LogP contribution >= 0.6 is 11.3 Å². The SMILES string of the molecule is COC1CCCCC1(N)c1nccs1. The Morgan fingerprint density at radius 3 is 3.14 bits per heavy atom. The van der Waals surface area contributed by atoms with Gasteiger partial charge in [0.1, 0.15) is 5.01 Å². The van der Waals surface area contributed by atoms with Crippen LogP contribution in [0.2, 0.25) is 0 Å². The quantitative estimate of drug-likeness (QED) is 0.814. The highest BCUT2D eigenvalue weighted by Crippen LogP contribution is 2.37. The summed E-state index contributed by atoms with van der Waals surface area (Å²) in [5.41, 5.74) is 6.06. The summed E-state index contributed by atoms with van der Waals surface area (Å²) >= 11 is 1.63. The number of methoxy groups -OCH3 is 1. The second kappa shape index (κ2) is 3.96. The minimum absolute atomic E-state index is 0.127. The van der Waals surface area contributed by atoms with E-state index < -0.39 is 0 Å². The van der Waals surface area contributed by atoms with Crippen LogP contribution in [0.1, 0.15) is 30.7 Å². The fraction of sp³-hybridized carbons (Fsp3) is 0.700. The molecule has 0 radical (unpaired) electrons. The van der Waals surface area contributed by atoms with Crippen molar-refractivity contribution in [2.45, 2.75) is 37.3 Å². The molecule has 0 amide bonds. The van der Waals surface area contributed by atoms with Gasteiger partial charge in [0.2, 0.25) is 0 Å². The molecule has 14 heavy (non-hydrogen) atoms. The lowest BCUT2D eigenvalue weighted by Crippen LogP contribution is -2.50. The van der Waals surface area contributed by atoms with E-state index in [0.717, 1.165) is 17.8 Å². The molecule has 1 saturated carbocycles. The lowest BCUT2D eigenvalue weighted by molar-refractivity contribution is 0.00368. The zero-order valence-electron chi connectivity index (χ0n) is 8.40. The smallest absolute Gasteiger partial charge is 0.115 e. The first-order valence-electron chi connectivity index (χ1n) is 4.99. The Balaban J connectivity index is 2.27. The number of ether oxygens (including phenoxy) is 1. The molecule has 1 fully saturated rings. The molecule has 0 aromatic carbocycles. The molecular weight excluding hydrogens is 196 g/mol. The van der Waals surface area contributed by atoms with Gasteiger partial charge in [-0.2, -0.15) is 0 Å². The van der Waals surface area contributed by atoms with Gasteiger partial charge in [-0.3, -0.25) is 0 Å². The predicted molar refractivity (Wildman–Crippen MR) is 57.2 cm³/mol. The zero-order chi connectivity index (χ0) is 10.0. The van der Waals surface area contributed by atoms with Crippen LogP contribution in [0.15, 0.2) is 11.6 Å². The Kier molecular flexibility index (Phi) is 2.85. The van der Waals surface area contributed by atoms with E-state index in [4.69, 9.17) is 10.5 Å². The van der Waals surface area contributed by atoms with Crippen molar-refractivity contribution in [3.05, 3.63) is 16.6 Å². The summed E-state index contributed by atoms with van der Waals surface area (Å²) in [6.07, 6.45) is 6.36. The maximum atomic E-state index is 6.40. The lowest BCUT2D eigenvalue weighted by Gasteiger charge is -2.38. The van der Waals surface area contributed by atoms with Crippen molar-refractivity contribution in [1.82, 2.24) is 4.98 Å². The summed E-state index contributed by atoms with van der Waals surface area (Å²) in [6, 6.07) is 0. The van der Waals surface area contributed by atoms with Crippen molar-refractivity contribution in [3.63, 3.8) is 0 Å². The first kappa shape index (κ1) is 10.1. The average Bonchev–Trinajstić information content (AvgIpc) is 2.72. The molecule has 2 atom stereocenters. The average molecular weight is 212 g/mol. The molecule has 0 aliphatic heterocycles. The van der Waals surface area contributed by atoms with Crippen molar-refractivity contribution in [3.8, 4) is 0 Å². The summed E-state index contributed by atoms with van der Waals surface area (Å²) < 4.78 is 5.47. The molecular formula is C10H16N2OS. The standard InChI is InChI=1S/C10H16N2OS/c1-13-8-4-2-3-5-10(8,11)9-12-6-7-14-9/h6-8H,2-5,11H2,1H3. The van der Waals surface area contributed by atoms with Gasteiger partial charge in [-0.15, -0.1) is 11.3 Å². The maximum absolute atomic E-state index is 6.40. The molecule has 3 nitrogen and oxygen atoms in total. The Morgan fingerprint density at radius 1 is 1.64 bits per heavy atom. The minimum Gasteiger partial charge on any atom is -0.379 e. The van der Waals surface area contributed by atoms with Crippen molar-refractivity contribution >= 4 is 11.3 Å². The van der Waals surface area contributed by atoms with Crippen molar-refractivity contribution in [2.75, 3.05) is 7.11 Å². The molecule has 2 unspecified atom stereocenters. The van der Waals surface area contributed by atoms with Gasteiger partial charge in [-0.05, 0) is 12.8 Å². The largest absolute Gasteiger partial charge is 0.379 e. The fourth-order valence-corrected chi connectivity index (χ4v) is 3.02. The summed E-state index contributed by atoms with van der Waals surface area (Å²) in [7, 11) is 1.74. The van der Waals surface area contributed by atoms with Crippen LogP contribution in [0.5, 0.6) is 0 Å². The number of nitrogens with two attached hydrogens (primary N) is 1. The third kappa shape index (κ3) is 1.58. The molecule has 0 spiro atoms. The van der Waals surface area contributed by atoms with Gasteiger partial charge in [0.25, 0.3) is 0 Å². The van der Waals surface area contributed by atoms with Gasteiger partial charge >= 0.3 is 0 Å². The number of aromatic nitrogens is 1. The number of rotatable bonds is 2. The highest BCUT2D eigenvalue weighted by Gasteiger charge is 2.40. The molecule has 78 valence electrons. The maximum Gasteiger partial charge on any atom is 0.115 e. The molecule has 4 heteroatoms. The van der Waals surface area contributed by atoms with Crippen LogP contribution < -0.4 is 5.73 Å². The minimum atomic E-state index is -0.346. The predicted octanol–water partition coefficient (Wildman–Crippen LogP) is 1.89. The van der Waals surface area contributed by atoms with Gasteiger partial charge in [0, 0.05) is 18.7 Å². The van der Waals surface area contributed by atoms with Crippen LogP contribution in [-0.4, -0.2) is 18.2 Å². The second-order valence-corrected chi connectivity index (χ2v) is 4.74. The fourth-order valence-electron chi connectivity index (χ4n) is 2.19. The Morgan fingerprint density at radius 2 is 2.50 bits per heavy atom. The summed E-state index contributed by atoms with van der Waals surface area (Å²) in [4.78, 5) is 4.32. The molecule has 1 aromatic heterocycles. The van der Waals surface area contributed by atoms with E-state index in [9.17, 15) is 0 Å². The van der Waals surface area contributed by atoms with Gasteiger partial charge in [0.15, 0.2) is 0 Å². The van der Waals surface area contributed by atoms with Crippen molar-refractivity contribution in [2.24, 2.45) is 5.73 Å². The van der Waals surface area contributed by atoms with Gasteiger partial charge in [-0.25, -0.2) is 4.98 Å². The number of hydrogen-bond acceptors (Lipinski definition) is 4. The first-order chi connectivity index (χ1) is 6.77. The number of thiazole rings is 1. The molecule has 0 bridgehead atoms. The topological polar surface area (TPSA) is 48.1 Å². The number of nitrogens with zero attached hydrogens (tertiary/aromatic N) is 1. The van der Waals surface area contributed by atoms with E-state index in [2.05, 4.69) is 4.98 Å². The normalized spacial score (nSPS) is 33.1. The second-order valence-electron chi connectivity index (χ2n) is 3.85. The highest BCUT2D eigenvalue weighted by atomic mass is 32.1. The Bertz CT molecular complexity index is 288. The van der Waals surface area contributed by atoms with E-state index in [1.54, 1.807) is 18.4 Å². The molecule has 2 N–H and O–H groups in total.